The molecule has 1 heterocycles. The molecule has 50 valence electrons. The number of carbonyl (C=O) groups is 1. The molecule has 9 heavy (non-hydrogen) atoms. The van der Waals surface area contributed by atoms with Gasteiger partial charge in [-0.3, -0.25) is 0 Å². The third-order valence-corrected chi connectivity index (χ3v) is 1.06. The minimum Gasteiger partial charge on any atom is -0.413 e. The quantitative estimate of drug-likeness (QED) is 0.571. The van der Waals surface area contributed by atoms with E-state index in [-0.39, 0.29) is 6.09 Å². The topological polar surface area (TPSA) is 38.3 Å². The lowest BCUT2D eigenvalue weighted by molar-refractivity contribution is 0.195. The Hall–Kier alpha value is -0.990. The average Bonchev–Trinajstić information content (AvgIpc) is 2.17. The second-order valence-electron chi connectivity index (χ2n) is 1.82. The molecule has 1 saturated heterocycles. The maximum absolute atomic E-state index is 10.4. The molecule has 0 aromatic carbocycles. The van der Waals surface area contributed by atoms with Gasteiger partial charge in [-0.2, -0.15) is 0 Å². The molecule has 0 unspecified atom stereocenters. The van der Waals surface area contributed by atoms with E-state index in [0.29, 0.717) is 6.54 Å². The van der Waals surface area contributed by atoms with E-state index in [2.05, 4.69) is 5.32 Å². The van der Waals surface area contributed by atoms with Gasteiger partial charge in [0.2, 0.25) is 0 Å². The van der Waals surface area contributed by atoms with E-state index < -0.39 is 0 Å². The van der Waals surface area contributed by atoms with Crippen LogP contribution in [0.4, 0.5) is 4.79 Å². The largest absolute Gasteiger partial charge is 0.413 e. The highest BCUT2D eigenvalue weighted by Gasteiger charge is 2.13. The molecule has 3 heteroatoms. The first kappa shape index (κ1) is 6.13. The zero-order valence-corrected chi connectivity index (χ0v) is 5.31. The summed E-state index contributed by atoms with van der Waals surface area (Å²) in [5.41, 5.74) is 0. The first-order valence-electron chi connectivity index (χ1n) is 2.97. The van der Waals surface area contributed by atoms with Gasteiger partial charge < -0.3 is 10.1 Å². The van der Waals surface area contributed by atoms with E-state index in [9.17, 15) is 4.79 Å². The molecule has 1 rings (SSSR count). The summed E-state index contributed by atoms with van der Waals surface area (Å²) in [4.78, 5) is 10.4. The summed E-state index contributed by atoms with van der Waals surface area (Å²) in [5.74, 6) is 0.738. The number of alkyl carbamates (subject to hydrolysis) is 1. The molecule has 1 aliphatic rings. The van der Waals surface area contributed by atoms with Crippen molar-refractivity contribution in [3.05, 3.63) is 11.8 Å². The number of allylic oxidation sites excluding steroid dienone is 1. The van der Waals surface area contributed by atoms with Crippen LogP contribution in [0.15, 0.2) is 11.8 Å². The summed E-state index contributed by atoms with van der Waals surface area (Å²) in [6.45, 7) is 2.55. The number of hydrogen-bond donors (Lipinski definition) is 1. The van der Waals surface area contributed by atoms with Crippen molar-refractivity contribution in [3.8, 4) is 0 Å². The van der Waals surface area contributed by atoms with Crippen LogP contribution in [-0.2, 0) is 4.74 Å². The van der Waals surface area contributed by atoms with Crippen LogP contribution in [0.3, 0.4) is 0 Å². The molecular formula is C6H9NO2. The Morgan fingerprint density at radius 3 is 3.11 bits per heavy atom. The minimum absolute atomic E-state index is 0.338. The molecule has 0 spiro atoms. The van der Waals surface area contributed by atoms with Gasteiger partial charge in [-0.1, -0.05) is 6.92 Å². The first-order valence-corrected chi connectivity index (χ1v) is 2.97. The molecule has 0 aliphatic carbocycles. The summed E-state index contributed by atoms with van der Waals surface area (Å²) in [6, 6.07) is 0. The first-order chi connectivity index (χ1) is 4.33. The number of rotatable bonds is 1. The van der Waals surface area contributed by atoms with Crippen LogP contribution in [0, 0.1) is 0 Å². The summed E-state index contributed by atoms with van der Waals surface area (Å²) in [5, 5.41) is 2.52. The van der Waals surface area contributed by atoms with Crippen LogP contribution in [0.1, 0.15) is 13.3 Å². The molecule has 0 radical (unpaired) electrons. The SMILES string of the molecule is CC/C=C1\CNC(=O)O1. The van der Waals surface area contributed by atoms with Gasteiger partial charge in [0.05, 0.1) is 6.54 Å². The highest BCUT2D eigenvalue weighted by atomic mass is 16.6. The Morgan fingerprint density at radius 1 is 1.89 bits per heavy atom. The second-order valence-corrected chi connectivity index (χ2v) is 1.82. The Balaban J connectivity index is 2.47. The third kappa shape index (κ3) is 1.45. The zero-order chi connectivity index (χ0) is 6.69. The molecule has 1 N–H and O–H groups in total. The van der Waals surface area contributed by atoms with Crippen LogP contribution in [-0.4, -0.2) is 12.6 Å². The smallest absolute Gasteiger partial charge is 0.412 e. The Labute approximate surface area is 53.7 Å². The van der Waals surface area contributed by atoms with Gasteiger partial charge in [0, 0.05) is 0 Å². The Morgan fingerprint density at radius 2 is 2.67 bits per heavy atom. The van der Waals surface area contributed by atoms with Crippen LogP contribution in [0.25, 0.3) is 0 Å². The lowest BCUT2D eigenvalue weighted by atomic mass is 10.4. The van der Waals surface area contributed by atoms with Crippen LogP contribution >= 0.6 is 0 Å². The molecule has 0 atom stereocenters. The maximum Gasteiger partial charge on any atom is 0.412 e. The molecule has 1 aliphatic heterocycles. The molecule has 0 aromatic heterocycles. The fraction of sp³-hybridized carbons (Fsp3) is 0.500. The van der Waals surface area contributed by atoms with Crippen molar-refractivity contribution in [3.63, 3.8) is 0 Å². The van der Waals surface area contributed by atoms with Crippen molar-refractivity contribution in [2.45, 2.75) is 13.3 Å². The number of ether oxygens (including phenoxy) is 1. The Bertz CT molecular complexity index is 151. The van der Waals surface area contributed by atoms with Gasteiger partial charge in [-0.25, -0.2) is 4.79 Å². The van der Waals surface area contributed by atoms with Gasteiger partial charge in [0.25, 0.3) is 0 Å². The van der Waals surface area contributed by atoms with Crippen molar-refractivity contribution in [2.24, 2.45) is 0 Å². The third-order valence-electron chi connectivity index (χ3n) is 1.06. The van der Waals surface area contributed by atoms with Gasteiger partial charge in [-0.15, -0.1) is 0 Å². The number of carbonyl (C=O) groups excluding carboxylic acids is 1. The molecule has 0 saturated carbocycles. The molecule has 0 aromatic rings. The standard InChI is InChI=1S/C6H9NO2/c1-2-3-5-4-7-6(8)9-5/h3H,2,4H2,1H3,(H,7,8)/b5-3+. The fourth-order valence-corrected chi connectivity index (χ4v) is 0.692. The zero-order valence-electron chi connectivity index (χ0n) is 5.31. The van der Waals surface area contributed by atoms with Crippen molar-refractivity contribution >= 4 is 6.09 Å². The second kappa shape index (κ2) is 2.53. The van der Waals surface area contributed by atoms with E-state index in [4.69, 9.17) is 4.74 Å². The molecular weight excluding hydrogens is 118 g/mol. The molecule has 1 fully saturated rings. The number of hydrogen-bond acceptors (Lipinski definition) is 2. The predicted molar refractivity (Wildman–Crippen MR) is 32.9 cm³/mol. The maximum atomic E-state index is 10.4. The lowest BCUT2D eigenvalue weighted by Crippen LogP contribution is -2.11. The number of amides is 1. The van der Waals surface area contributed by atoms with E-state index in [0.717, 1.165) is 12.2 Å². The lowest BCUT2D eigenvalue weighted by Gasteiger charge is -1.88. The summed E-state index contributed by atoms with van der Waals surface area (Å²) >= 11 is 0. The number of nitrogens with one attached hydrogen (secondary N) is 1. The fourth-order valence-electron chi connectivity index (χ4n) is 0.692. The van der Waals surface area contributed by atoms with Gasteiger partial charge >= 0.3 is 6.09 Å². The van der Waals surface area contributed by atoms with E-state index in [1.54, 1.807) is 0 Å². The monoisotopic (exact) mass is 127 g/mol. The van der Waals surface area contributed by atoms with Crippen molar-refractivity contribution in [1.29, 1.82) is 0 Å². The van der Waals surface area contributed by atoms with E-state index in [1.807, 2.05) is 13.0 Å². The summed E-state index contributed by atoms with van der Waals surface area (Å²) in [6.07, 6.45) is 2.46. The minimum atomic E-state index is -0.338. The molecule has 3 nitrogen and oxygen atoms in total. The van der Waals surface area contributed by atoms with E-state index >= 15 is 0 Å². The van der Waals surface area contributed by atoms with Crippen LogP contribution in [0.2, 0.25) is 0 Å². The van der Waals surface area contributed by atoms with E-state index in [1.165, 1.54) is 0 Å². The molecule has 0 bridgehead atoms. The van der Waals surface area contributed by atoms with Crippen molar-refractivity contribution < 1.29 is 9.53 Å². The van der Waals surface area contributed by atoms with Crippen LogP contribution < -0.4 is 5.32 Å². The van der Waals surface area contributed by atoms with Gasteiger partial charge in [-0.05, 0) is 12.5 Å². The van der Waals surface area contributed by atoms with Gasteiger partial charge in [0.1, 0.15) is 5.76 Å². The highest BCUT2D eigenvalue weighted by Crippen LogP contribution is 2.03. The molecule has 1 amide bonds. The predicted octanol–water partition coefficient (Wildman–Crippen LogP) is 1.02. The summed E-state index contributed by atoms with van der Waals surface area (Å²) < 4.78 is 4.71. The van der Waals surface area contributed by atoms with Gasteiger partial charge in [0.15, 0.2) is 0 Å². The summed E-state index contributed by atoms with van der Waals surface area (Å²) in [7, 11) is 0. The highest BCUT2D eigenvalue weighted by molar-refractivity contribution is 5.71. The van der Waals surface area contributed by atoms with Crippen LogP contribution in [0.5, 0.6) is 0 Å². The normalized spacial score (nSPS) is 21.9. The van der Waals surface area contributed by atoms with Crippen molar-refractivity contribution in [1.82, 2.24) is 5.32 Å². The number of cyclic esters (lactones) is 1. The Kier molecular flexibility index (Phi) is 1.72. The van der Waals surface area contributed by atoms with Crippen molar-refractivity contribution in [2.75, 3.05) is 6.54 Å². The average molecular weight is 127 g/mol.